The number of anilines is 1. The summed E-state index contributed by atoms with van der Waals surface area (Å²) in [6.07, 6.45) is -0.336. The summed E-state index contributed by atoms with van der Waals surface area (Å²) in [5.74, 6) is -0.0717. The molecule has 0 amide bonds. The summed E-state index contributed by atoms with van der Waals surface area (Å²) >= 11 is 6.63. The molecule has 6 heteroatoms. The van der Waals surface area contributed by atoms with Crippen LogP contribution in [0.4, 0.5) is 5.69 Å². The highest BCUT2D eigenvalue weighted by molar-refractivity contribution is 7.89. The van der Waals surface area contributed by atoms with E-state index in [0.29, 0.717) is 16.5 Å². The number of aryl methyl sites for hydroxylation is 1. The molecule has 4 nitrogen and oxygen atoms in total. The summed E-state index contributed by atoms with van der Waals surface area (Å²) in [5, 5.41) is 0.675. The number of hydrogen-bond acceptors (Lipinski definition) is 3. The van der Waals surface area contributed by atoms with Crippen LogP contribution in [0.3, 0.4) is 0 Å². The van der Waals surface area contributed by atoms with Crippen LogP contribution in [0, 0.1) is 6.92 Å². The average Bonchev–Trinajstić information content (AvgIpc) is 3.19. The smallest absolute Gasteiger partial charge is 0.244 e. The van der Waals surface area contributed by atoms with Gasteiger partial charge in [0.15, 0.2) is 0 Å². The van der Waals surface area contributed by atoms with Crippen LogP contribution in [0.2, 0.25) is 5.02 Å². The predicted molar refractivity (Wildman–Crippen MR) is 125 cm³/mol. The third-order valence-corrected chi connectivity index (χ3v) is 9.21. The molecule has 3 aromatic carbocycles. The van der Waals surface area contributed by atoms with E-state index in [-0.39, 0.29) is 12.1 Å². The van der Waals surface area contributed by atoms with Crippen LogP contribution in [0.1, 0.15) is 29.5 Å². The number of benzene rings is 3. The summed E-state index contributed by atoms with van der Waals surface area (Å²) in [7, 11) is -1.72. The predicted octanol–water partition coefficient (Wildman–Crippen LogP) is 5.17. The van der Waals surface area contributed by atoms with E-state index in [1.54, 1.807) is 16.4 Å². The van der Waals surface area contributed by atoms with E-state index in [1.165, 1.54) is 0 Å². The lowest BCUT2D eigenvalue weighted by atomic mass is 9.71. The molecule has 2 heterocycles. The normalized spacial score (nSPS) is 25.5. The van der Waals surface area contributed by atoms with E-state index in [1.807, 2.05) is 62.5 Å². The van der Waals surface area contributed by atoms with Crippen LogP contribution >= 0.6 is 11.6 Å². The van der Waals surface area contributed by atoms with Gasteiger partial charge in [-0.15, -0.1) is 0 Å². The molecular formula is C25H25ClN2O2S. The molecule has 1 saturated heterocycles. The van der Waals surface area contributed by atoms with Crippen molar-refractivity contribution in [3.8, 4) is 0 Å². The standard InChI is InChI=1S/C25H25ClN2O2S/c1-17-12-14-18(15-13-17)31(29,30)28-16-21(19-8-4-6-10-22(19)26)25(2)20-9-5-7-11-23(20)27(3)24(25)28/h4-15,21,24H,16H2,1-3H3/t21-,24-,25+/m0/s1. The van der Waals surface area contributed by atoms with Gasteiger partial charge >= 0.3 is 0 Å². The zero-order chi connectivity index (χ0) is 22.0. The van der Waals surface area contributed by atoms with E-state index >= 15 is 0 Å². The monoisotopic (exact) mass is 452 g/mol. The van der Waals surface area contributed by atoms with Crippen LogP contribution in [0.5, 0.6) is 0 Å². The van der Waals surface area contributed by atoms with Crippen molar-refractivity contribution in [3.63, 3.8) is 0 Å². The fourth-order valence-corrected chi connectivity index (χ4v) is 7.48. The second-order valence-electron chi connectivity index (χ2n) is 8.75. The fourth-order valence-electron chi connectivity index (χ4n) is 5.49. The van der Waals surface area contributed by atoms with Gasteiger partial charge in [-0.1, -0.05) is 72.6 Å². The van der Waals surface area contributed by atoms with Gasteiger partial charge in [0.1, 0.15) is 6.17 Å². The number of hydrogen-bond donors (Lipinski definition) is 0. The average molecular weight is 453 g/mol. The van der Waals surface area contributed by atoms with Gasteiger partial charge in [-0.3, -0.25) is 0 Å². The van der Waals surface area contributed by atoms with Crippen molar-refractivity contribution in [3.05, 3.63) is 94.5 Å². The van der Waals surface area contributed by atoms with Crippen molar-refractivity contribution in [2.24, 2.45) is 0 Å². The van der Waals surface area contributed by atoms with Gasteiger partial charge in [-0.25, -0.2) is 8.42 Å². The molecule has 0 saturated carbocycles. The Morgan fingerprint density at radius 3 is 2.32 bits per heavy atom. The summed E-state index contributed by atoms with van der Waals surface area (Å²) < 4.78 is 29.4. The third kappa shape index (κ3) is 2.87. The highest BCUT2D eigenvalue weighted by Gasteiger charge is 2.62. The minimum atomic E-state index is -3.70. The summed E-state index contributed by atoms with van der Waals surface area (Å²) in [5.41, 5.74) is 3.81. The summed E-state index contributed by atoms with van der Waals surface area (Å²) in [4.78, 5) is 2.43. The molecule has 0 N–H and O–H groups in total. The molecule has 31 heavy (non-hydrogen) atoms. The molecule has 1 fully saturated rings. The number of rotatable bonds is 3. The number of likely N-dealkylation sites (N-methyl/N-ethyl adjacent to an activating group) is 1. The minimum Gasteiger partial charge on any atom is -0.357 e. The lowest BCUT2D eigenvalue weighted by Gasteiger charge is -2.35. The summed E-state index contributed by atoms with van der Waals surface area (Å²) in [6, 6.07) is 23.1. The van der Waals surface area contributed by atoms with Gasteiger partial charge in [0, 0.05) is 35.6 Å². The molecule has 0 radical (unpaired) electrons. The number of halogens is 1. The Bertz CT molecular complexity index is 1260. The number of sulfonamides is 1. The maximum absolute atomic E-state index is 13.9. The number of nitrogens with zero attached hydrogens (tertiary/aromatic N) is 2. The Morgan fingerprint density at radius 1 is 0.968 bits per heavy atom. The molecule has 160 valence electrons. The van der Waals surface area contributed by atoms with Crippen LogP contribution in [-0.2, 0) is 15.4 Å². The molecule has 0 aromatic heterocycles. The quantitative estimate of drug-likeness (QED) is 0.550. The first-order chi connectivity index (χ1) is 14.8. The van der Waals surface area contributed by atoms with E-state index < -0.39 is 15.4 Å². The zero-order valence-electron chi connectivity index (χ0n) is 17.8. The van der Waals surface area contributed by atoms with Crippen LogP contribution in [0.15, 0.2) is 77.7 Å². The van der Waals surface area contributed by atoms with Crippen LogP contribution in [0.25, 0.3) is 0 Å². The van der Waals surface area contributed by atoms with Gasteiger partial charge in [-0.05, 0) is 42.3 Å². The summed E-state index contributed by atoms with van der Waals surface area (Å²) in [6.45, 7) is 4.51. The molecule has 3 aromatic rings. The molecule has 2 aliphatic rings. The molecule has 0 aliphatic carbocycles. The molecule has 3 atom stereocenters. The zero-order valence-corrected chi connectivity index (χ0v) is 19.4. The maximum Gasteiger partial charge on any atom is 0.244 e. The van der Waals surface area contributed by atoms with Gasteiger partial charge in [0.25, 0.3) is 0 Å². The van der Waals surface area contributed by atoms with E-state index in [2.05, 4.69) is 24.0 Å². The Labute approximate surface area is 189 Å². The van der Waals surface area contributed by atoms with Crippen molar-refractivity contribution < 1.29 is 8.42 Å². The second kappa shape index (κ2) is 7.09. The Balaban J connectivity index is 1.71. The molecule has 5 rings (SSSR count). The van der Waals surface area contributed by atoms with Gasteiger partial charge in [0.05, 0.1) is 4.90 Å². The molecular weight excluding hydrogens is 428 g/mol. The molecule has 2 aliphatic heterocycles. The molecule has 0 unspecified atom stereocenters. The first-order valence-corrected chi connectivity index (χ1v) is 12.2. The first kappa shape index (κ1) is 20.6. The van der Waals surface area contributed by atoms with Gasteiger partial charge < -0.3 is 4.90 Å². The minimum absolute atomic E-state index is 0.0717. The Hall–Kier alpha value is -2.34. The highest BCUT2D eigenvalue weighted by Crippen LogP contribution is 2.58. The third-order valence-electron chi connectivity index (χ3n) is 7.03. The first-order valence-electron chi connectivity index (χ1n) is 10.4. The lowest BCUT2D eigenvalue weighted by molar-refractivity contribution is 0.324. The maximum atomic E-state index is 13.9. The lowest BCUT2D eigenvalue weighted by Crippen LogP contribution is -2.49. The van der Waals surface area contributed by atoms with Crippen molar-refractivity contribution >= 4 is 27.3 Å². The van der Waals surface area contributed by atoms with Crippen LogP contribution in [-0.4, -0.2) is 32.5 Å². The van der Waals surface area contributed by atoms with E-state index in [0.717, 1.165) is 22.4 Å². The second-order valence-corrected chi connectivity index (χ2v) is 11.0. The number of para-hydroxylation sites is 1. The topological polar surface area (TPSA) is 40.6 Å². The molecule has 0 bridgehead atoms. The van der Waals surface area contributed by atoms with E-state index in [9.17, 15) is 8.42 Å². The SMILES string of the molecule is Cc1ccc(S(=O)(=O)N2C[C@@H](c3ccccc3Cl)[C@@]3(C)c4ccccc4N(C)[C@@H]23)cc1. The van der Waals surface area contributed by atoms with Crippen molar-refractivity contribution in [2.75, 3.05) is 18.5 Å². The molecule has 0 spiro atoms. The van der Waals surface area contributed by atoms with Crippen LogP contribution < -0.4 is 4.90 Å². The number of fused-ring (bicyclic) bond motifs is 3. The Kier molecular flexibility index (Phi) is 4.70. The van der Waals surface area contributed by atoms with Crippen molar-refractivity contribution in [1.29, 1.82) is 0 Å². The fraction of sp³-hybridized carbons (Fsp3) is 0.280. The van der Waals surface area contributed by atoms with E-state index in [4.69, 9.17) is 11.6 Å². The van der Waals surface area contributed by atoms with Crippen molar-refractivity contribution in [2.45, 2.75) is 36.2 Å². The Morgan fingerprint density at radius 2 is 1.61 bits per heavy atom. The van der Waals surface area contributed by atoms with Crippen molar-refractivity contribution in [1.82, 2.24) is 4.31 Å². The van der Waals surface area contributed by atoms with Gasteiger partial charge in [0.2, 0.25) is 10.0 Å². The highest BCUT2D eigenvalue weighted by atomic mass is 35.5. The largest absolute Gasteiger partial charge is 0.357 e. The van der Waals surface area contributed by atoms with Gasteiger partial charge in [-0.2, -0.15) is 4.31 Å².